The van der Waals surface area contributed by atoms with Crippen LogP contribution in [0.2, 0.25) is 0 Å². The van der Waals surface area contributed by atoms with Gasteiger partial charge in [-0.05, 0) is 12.1 Å². The van der Waals surface area contributed by atoms with Gasteiger partial charge in [-0.2, -0.15) is 4.98 Å². The minimum Gasteiger partial charge on any atom is -0.476 e. The van der Waals surface area contributed by atoms with E-state index in [1.165, 1.54) is 7.11 Å². The van der Waals surface area contributed by atoms with Crippen LogP contribution in [0.15, 0.2) is 60.7 Å². The van der Waals surface area contributed by atoms with Gasteiger partial charge in [-0.3, -0.25) is 4.57 Å². The number of carboxylic acid groups (broad SMARTS) is 1. The molecule has 0 aliphatic heterocycles. The number of carbonyl (C=O) groups is 1. The van der Waals surface area contributed by atoms with E-state index in [4.69, 9.17) is 4.74 Å². The summed E-state index contributed by atoms with van der Waals surface area (Å²) in [6, 6.07) is 18.9. The Morgan fingerprint density at radius 2 is 1.64 bits per heavy atom. The average Bonchev–Trinajstić information content (AvgIpc) is 2.96. The molecule has 2 aromatic carbocycles. The second-order valence-electron chi connectivity index (χ2n) is 4.64. The molecule has 0 amide bonds. The lowest BCUT2D eigenvalue weighted by atomic mass is 10.1. The minimum atomic E-state index is -1.09. The molecule has 22 heavy (non-hydrogen) atoms. The van der Waals surface area contributed by atoms with Gasteiger partial charge in [0.2, 0.25) is 0 Å². The monoisotopic (exact) mass is 294 g/mol. The molecular weight excluding hydrogens is 280 g/mol. The summed E-state index contributed by atoms with van der Waals surface area (Å²) in [5, 5.41) is 9.48. The summed E-state index contributed by atoms with van der Waals surface area (Å²) in [7, 11) is 1.47. The minimum absolute atomic E-state index is 0.0353. The van der Waals surface area contributed by atoms with Crippen molar-refractivity contribution in [3.05, 3.63) is 66.4 Å². The van der Waals surface area contributed by atoms with E-state index >= 15 is 0 Å². The average molecular weight is 294 g/mol. The van der Waals surface area contributed by atoms with E-state index in [0.717, 1.165) is 11.3 Å². The first-order chi connectivity index (χ1) is 10.7. The van der Waals surface area contributed by atoms with Crippen LogP contribution in [0.5, 0.6) is 6.01 Å². The van der Waals surface area contributed by atoms with Gasteiger partial charge < -0.3 is 9.84 Å². The second-order valence-corrected chi connectivity index (χ2v) is 4.64. The van der Waals surface area contributed by atoms with E-state index in [9.17, 15) is 9.90 Å². The normalized spacial score (nSPS) is 10.4. The molecule has 5 heteroatoms. The third-order valence-corrected chi connectivity index (χ3v) is 3.29. The highest BCUT2D eigenvalue weighted by molar-refractivity contribution is 5.94. The molecule has 1 N–H and O–H groups in total. The Kier molecular flexibility index (Phi) is 3.62. The summed E-state index contributed by atoms with van der Waals surface area (Å²) in [5.41, 5.74) is 2.01. The van der Waals surface area contributed by atoms with Crippen LogP contribution in [0.3, 0.4) is 0 Å². The molecule has 0 fully saturated rings. The van der Waals surface area contributed by atoms with E-state index < -0.39 is 5.97 Å². The lowest BCUT2D eigenvalue weighted by Gasteiger charge is -2.11. The Bertz CT molecular complexity index is 796. The summed E-state index contributed by atoms with van der Waals surface area (Å²) in [6.07, 6.45) is 0. The van der Waals surface area contributed by atoms with Crippen molar-refractivity contribution in [1.29, 1.82) is 0 Å². The Hall–Kier alpha value is -3.08. The number of ether oxygens (including phenoxy) is 1. The molecule has 0 spiro atoms. The predicted molar refractivity (Wildman–Crippen MR) is 82.5 cm³/mol. The van der Waals surface area contributed by atoms with Gasteiger partial charge in [-0.1, -0.05) is 48.5 Å². The number of benzene rings is 2. The number of hydrogen-bond donors (Lipinski definition) is 1. The maximum atomic E-state index is 11.6. The molecule has 110 valence electrons. The van der Waals surface area contributed by atoms with Crippen molar-refractivity contribution in [2.75, 3.05) is 7.11 Å². The first-order valence-electron chi connectivity index (χ1n) is 6.73. The van der Waals surface area contributed by atoms with Crippen molar-refractivity contribution < 1.29 is 14.6 Å². The molecule has 1 heterocycles. The standard InChI is InChI=1S/C17H14N2O3/c1-22-17-18-14(16(20)21)15(12-8-4-2-5-9-12)19(17)13-10-6-3-7-11-13/h2-11H,1H3,(H,20,21). The van der Waals surface area contributed by atoms with Gasteiger partial charge in [0.25, 0.3) is 0 Å². The highest BCUT2D eigenvalue weighted by atomic mass is 16.5. The first kappa shape index (κ1) is 13.9. The molecule has 0 unspecified atom stereocenters. The van der Waals surface area contributed by atoms with Crippen molar-refractivity contribution in [3.8, 4) is 23.0 Å². The van der Waals surface area contributed by atoms with Gasteiger partial charge in [0.1, 0.15) is 0 Å². The van der Waals surface area contributed by atoms with Crippen molar-refractivity contribution in [1.82, 2.24) is 9.55 Å². The van der Waals surface area contributed by atoms with Crippen LogP contribution in [0, 0.1) is 0 Å². The molecule has 0 aliphatic rings. The van der Waals surface area contributed by atoms with E-state index in [-0.39, 0.29) is 11.7 Å². The number of para-hydroxylation sites is 1. The Morgan fingerprint density at radius 3 is 2.18 bits per heavy atom. The van der Waals surface area contributed by atoms with Crippen LogP contribution in [0.25, 0.3) is 16.9 Å². The number of aromatic carboxylic acids is 1. The van der Waals surface area contributed by atoms with Crippen molar-refractivity contribution >= 4 is 5.97 Å². The molecule has 3 aromatic rings. The van der Waals surface area contributed by atoms with Crippen LogP contribution in [-0.4, -0.2) is 27.7 Å². The largest absolute Gasteiger partial charge is 0.476 e. The van der Waals surface area contributed by atoms with Gasteiger partial charge in [-0.15, -0.1) is 0 Å². The summed E-state index contributed by atoms with van der Waals surface area (Å²) in [4.78, 5) is 15.7. The van der Waals surface area contributed by atoms with Crippen LogP contribution < -0.4 is 4.74 Å². The van der Waals surface area contributed by atoms with Crippen molar-refractivity contribution in [3.63, 3.8) is 0 Å². The van der Waals surface area contributed by atoms with E-state index in [1.54, 1.807) is 4.57 Å². The SMILES string of the molecule is COc1nc(C(=O)O)c(-c2ccccc2)n1-c1ccccc1. The number of rotatable bonds is 4. The highest BCUT2D eigenvalue weighted by Crippen LogP contribution is 2.32. The Morgan fingerprint density at radius 1 is 1.05 bits per heavy atom. The molecule has 5 nitrogen and oxygen atoms in total. The smallest absolute Gasteiger partial charge is 0.356 e. The fourth-order valence-corrected chi connectivity index (χ4v) is 2.36. The predicted octanol–water partition coefficient (Wildman–Crippen LogP) is 3.25. The van der Waals surface area contributed by atoms with Gasteiger partial charge in [-0.25, -0.2) is 4.79 Å². The zero-order valence-electron chi connectivity index (χ0n) is 11.9. The topological polar surface area (TPSA) is 64.3 Å². The number of nitrogens with zero attached hydrogens (tertiary/aromatic N) is 2. The maximum Gasteiger partial charge on any atom is 0.356 e. The van der Waals surface area contributed by atoms with Crippen LogP contribution in [0.4, 0.5) is 0 Å². The molecule has 0 atom stereocenters. The molecule has 0 saturated carbocycles. The first-order valence-corrected chi connectivity index (χ1v) is 6.73. The second kappa shape index (κ2) is 5.73. The van der Waals surface area contributed by atoms with E-state index in [1.807, 2.05) is 60.7 Å². The fraction of sp³-hybridized carbons (Fsp3) is 0.0588. The molecular formula is C17H14N2O3. The van der Waals surface area contributed by atoms with Gasteiger partial charge in [0.05, 0.1) is 18.5 Å². The number of hydrogen-bond acceptors (Lipinski definition) is 3. The van der Waals surface area contributed by atoms with Gasteiger partial charge in [0, 0.05) is 5.56 Å². The van der Waals surface area contributed by atoms with E-state index in [0.29, 0.717) is 5.69 Å². The van der Waals surface area contributed by atoms with Crippen molar-refractivity contribution in [2.24, 2.45) is 0 Å². The third kappa shape index (κ3) is 2.33. The third-order valence-electron chi connectivity index (χ3n) is 3.29. The Labute approximate surface area is 127 Å². The van der Waals surface area contributed by atoms with Crippen molar-refractivity contribution in [2.45, 2.75) is 0 Å². The number of aromatic nitrogens is 2. The molecule has 3 rings (SSSR count). The lowest BCUT2D eigenvalue weighted by molar-refractivity contribution is 0.0691. The molecule has 0 bridgehead atoms. The molecule has 1 aromatic heterocycles. The zero-order chi connectivity index (χ0) is 15.5. The summed E-state index contributed by atoms with van der Waals surface area (Å²) < 4.78 is 6.99. The summed E-state index contributed by atoms with van der Waals surface area (Å²) >= 11 is 0. The van der Waals surface area contributed by atoms with E-state index in [2.05, 4.69) is 4.98 Å². The maximum absolute atomic E-state index is 11.6. The van der Waals surface area contributed by atoms with Crippen LogP contribution >= 0.6 is 0 Å². The summed E-state index contributed by atoms with van der Waals surface area (Å²) in [6.45, 7) is 0. The number of carboxylic acids is 1. The van der Waals surface area contributed by atoms with Gasteiger partial charge in [0.15, 0.2) is 5.69 Å². The zero-order valence-corrected chi connectivity index (χ0v) is 11.9. The van der Waals surface area contributed by atoms with Gasteiger partial charge >= 0.3 is 12.0 Å². The molecule has 0 saturated heterocycles. The van der Waals surface area contributed by atoms with Crippen LogP contribution in [-0.2, 0) is 0 Å². The highest BCUT2D eigenvalue weighted by Gasteiger charge is 2.24. The summed E-state index contributed by atoms with van der Waals surface area (Å²) in [5.74, 6) is -1.09. The number of methoxy groups -OCH3 is 1. The number of imidazole rings is 1. The molecule has 0 aliphatic carbocycles. The molecule has 0 radical (unpaired) electrons. The quantitative estimate of drug-likeness (QED) is 0.802. The fourth-order valence-electron chi connectivity index (χ4n) is 2.36. The lowest BCUT2D eigenvalue weighted by Crippen LogP contribution is -2.03. The van der Waals surface area contributed by atoms with Crippen LogP contribution in [0.1, 0.15) is 10.5 Å². The Balaban J connectivity index is 2.34.